The first-order chi connectivity index (χ1) is 10.1. The molecule has 1 aliphatic rings. The average molecular weight is 298 g/mol. The molecule has 1 aromatic rings. The van der Waals surface area contributed by atoms with Gasteiger partial charge in [0.2, 0.25) is 0 Å². The Kier molecular flexibility index (Phi) is 5.71. The van der Waals surface area contributed by atoms with Crippen LogP contribution in [-0.2, 0) is 6.42 Å². The lowest BCUT2D eigenvalue weighted by atomic mass is 9.88. The number of hydrogen-bond donors (Lipinski definition) is 2. The summed E-state index contributed by atoms with van der Waals surface area (Å²) in [6.07, 6.45) is 4.77. The second kappa shape index (κ2) is 7.32. The zero-order valence-corrected chi connectivity index (χ0v) is 12.5. The fourth-order valence-corrected chi connectivity index (χ4v) is 3.31. The van der Waals surface area contributed by atoms with Gasteiger partial charge in [-0.05, 0) is 54.4 Å². The number of unbranched alkanes of at least 4 members (excludes halogenated alkanes) is 2. The van der Waals surface area contributed by atoms with Gasteiger partial charge in [-0.3, -0.25) is 0 Å². The molecule has 1 aliphatic carbocycles. The molecule has 0 aromatic heterocycles. The molecule has 2 N–H and O–H groups in total. The van der Waals surface area contributed by atoms with E-state index >= 15 is 0 Å². The molecule has 1 aromatic carbocycles. The lowest BCUT2D eigenvalue weighted by Crippen LogP contribution is -2.16. The summed E-state index contributed by atoms with van der Waals surface area (Å²) >= 11 is 0. The molecular formula is C17H24F2O2. The van der Waals surface area contributed by atoms with Crippen LogP contribution in [0.1, 0.15) is 56.3 Å². The van der Waals surface area contributed by atoms with E-state index in [-0.39, 0.29) is 18.4 Å². The molecule has 2 rings (SSSR count). The first-order valence-corrected chi connectivity index (χ1v) is 7.83. The van der Waals surface area contributed by atoms with Crippen molar-refractivity contribution in [3.05, 3.63) is 34.9 Å². The van der Waals surface area contributed by atoms with Gasteiger partial charge in [-0.1, -0.05) is 26.2 Å². The van der Waals surface area contributed by atoms with Crippen LogP contribution < -0.4 is 0 Å². The first-order valence-electron chi connectivity index (χ1n) is 7.83. The predicted molar refractivity (Wildman–Crippen MR) is 77.8 cm³/mol. The van der Waals surface area contributed by atoms with Gasteiger partial charge in [0.15, 0.2) is 11.6 Å². The molecule has 0 spiro atoms. The van der Waals surface area contributed by atoms with E-state index in [1.165, 1.54) is 6.07 Å². The Labute approximate surface area is 124 Å². The normalized spacial score (nSPS) is 22.3. The van der Waals surface area contributed by atoms with E-state index < -0.39 is 17.7 Å². The SMILES string of the molecule is CCCCC[C@H](CO)C[C@@H]1Cc2cc(F)c(F)cc2[C@H]1O. The lowest BCUT2D eigenvalue weighted by Gasteiger charge is -2.21. The maximum atomic E-state index is 13.3. The molecule has 118 valence electrons. The molecule has 0 radical (unpaired) electrons. The summed E-state index contributed by atoms with van der Waals surface area (Å²) in [5.74, 6) is -1.67. The molecule has 4 heteroatoms. The highest BCUT2D eigenvalue weighted by atomic mass is 19.2. The third-order valence-corrected chi connectivity index (χ3v) is 4.54. The van der Waals surface area contributed by atoms with E-state index in [1.807, 2.05) is 0 Å². The molecule has 0 heterocycles. The summed E-state index contributed by atoms with van der Waals surface area (Å²) < 4.78 is 26.5. The highest BCUT2D eigenvalue weighted by Gasteiger charge is 2.33. The quantitative estimate of drug-likeness (QED) is 0.753. The minimum Gasteiger partial charge on any atom is -0.396 e. The Bertz CT molecular complexity index is 476. The minimum atomic E-state index is -0.907. The van der Waals surface area contributed by atoms with Gasteiger partial charge in [-0.25, -0.2) is 8.78 Å². The van der Waals surface area contributed by atoms with Gasteiger partial charge < -0.3 is 10.2 Å². The summed E-state index contributed by atoms with van der Waals surface area (Å²) in [5, 5.41) is 19.8. The van der Waals surface area contributed by atoms with Crippen molar-refractivity contribution in [2.75, 3.05) is 6.61 Å². The van der Waals surface area contributed by atoms with Crippen LogP contribution in [0.2, 0.25) is 0 Å². The third-order valence-electron chi connectivity index (χ3n) is 4.54. The van der Waals surface area contributed by atoms with E-state index in [0.717, 1.165) is 31.7 Å². The summed E-state index contributed by atoms with van der Waals surface area (Å²) in [4.78, 5) is 0. The topological polar surface area (TPSA) is 40.5 Å². The van der Waals surface area contributed by atoms with E-state index in [4.69, 9.17) is 0 Å². The fourth-order valence-electron chi connectivity index (χ4n) is 3.31. The molecule has 3 atom stereocenters. The molecule has 0 unspecified atom stereocenters. The molecule has 0 saturated carbocycles. The van der Waals surface area contributed by atoms with Gasteiger partial charge in [-0.2, -0.15) is 0 Å². The molecule has 0 amide bonds. The van der Waals surface area contributed by atoms with Crippen LogP contribution in [0.15, 0.2) is 12.1 Å². The molecule has 0 bridgehead atoms. The van der Waals surface area contributed by atoms with Gasteiger partial charge in [0.05, 0.1) is 6.10 Å². The number of hydrogen-bond acceptors (Lipinski definition) is 2. The molecule has 0 aliphatic heterocycles. The van der Waals surface area contributed by atoms with Crippen LogP contribution in [0, 0.1) is 23.5 Å². The van der Waals surface area contributed by atoms with E-state index in [9.17, 15) is 19.0 Å². The van der Waals surface area contributed by atoms with Crippen molar-refractivity contribution in [3.8, 4) is 0 Å². The Morgan fingerprint density at radius 1 is 1.24 bits per heavy atom. The smallest absolute Gasteiger partial charge is 0.159 e. The maximum Gasteiger partial charge on any atom is 0.159 e. The van der Waals surface area contributed by atoms with E-state index in [2.05, 4.69) is 6.92 Å². The van der Waals surface area contributed by atoms with Gasteiger partial charge in [0.1, 0.15) is 0 Å². The van der Waals surface area contributed by atoms with Gasteiger partial charge >= 0.3 is 0 Å². The van der Waals surface area contributed by atoms with Gasteiger partial charge in [0.25, 0.3) is 0 Å². The van der Waals surface area contributed by atoms with Crippen molar-refractivity contribution in [2.24, 2.45) is 11.8 Å². The van der Waals surface area contributed by atoms with Crippen LogP contribution in [0.25, 0.3) is 0 Å². The highest BCUT2D eigenvalue weighted by Crippen LogP contribution is 2.40. The fraction of sp³-hybridized carbons (Fsp3) is 0.647. The zero-order chi connectivity index (χ0) is 15.4. The van der Waals surface area contributed by atoms with E-state index in [0.29, 0.717) is 24.0 Å². The monoisotopic (exact) mass is 298 g/mol. The van der Waals surface area contributed by atoms with Crippen molar-refractivity contribution in [1.82, 2.24) is 0 Å². The third kappa shape index (κ3) is 3.80. The number of fused-ring (bicyclic) bond motifs is 1. The van der Waals surface area contributed by atoms with Crippen molar-refractivity contribution in [3.63, 3.8) is 0 Å². The zero-order valence-electron chi connectivity index (χ0n) is 12.5. The van der Waals surface area contributed by atoms with Crippen LogP contribution in [-0.4, -0.2) is 16.8 Å². The van der Waals surface area contributed by atoms with Crippen LogP contribution >= 0.6 is 0 Å². The molecule has 0 saturated heterocycles. The van der Waals surface area contributed by atoms with Gasteiger partial charge in [0, 0.05) is 6.61 Å². The standard InChI is InChI=1S/C17H24F2O2/c1-2-3-4-5-11(10-20)6-13-7-12-8-15(18)16(19)9-14(12)17(13)21/h8-9,11,13,17,20-21H,2-7,10H2,1H3/t11-,13+,17-/m0/s1. The Balaban J connectivity index is 2.00. The van der Waals surface area contributed by atoms with Crippen LogP contribution in [0.5, 0.6) is 0 Å². The van der Waals surface area contributed by atoms with E-state index in [1.54, 1.807) is 0 Å². The summed E-state index contributed by atoms with van der Waals surface area (Å²) in [5.41, 5.74) is 1.20. The maximum absolute atomic E-state index is 13.3. The van der Waals surface area contributed by atoms with Crippen LogP contribution in [0.4, 0.5) is 8.78 Å². The van der Waals surface area contributed by atoms with Crippen LogP contribution in [0.3, 0.4) is 0 Å². The average Bonchev–Trinajstić information content (AvgIpc) is 2.75. The first kappa shape index (κ1) is 16.4. The largest absolute Gasteiger partial charge is 0.396 e. The minimum absolute atomic E-state index is 0.0556. The van der Waals surface area contributed by atoms with Gasteiger partial charge in [-0.15, -0.1) is 0 Å². The molecule has 21 heavy (non-hydrogen) atoms. The summed E-state index contributed by atoms with van der Waals surface area (Å²) in [6, 6.07) is 2.30. The molecule has 0 fully saturated rings. The highest BCUT2D eigenvalue weighted by molar-refractivity contribution is 5.35. The Hall–Kier alpha value is -1.00. The predicted octanol–water partition coefficient (Wildman–Crippen LogP) is 3.75. The second-order valence-electron chi connectivity index (χ2n) is 6.15. The molecule has 2 nitrogen and oxygen atoms in total. The lowest BCUT2D eigenvalue weighted by molar-refractivity contribution is 0.0921. The van der Waals surface area contributed by atoms with Crippen molar-refractivity contribution >= 4 is 0 Å². The summed E-state index contributed by atoms with van der Waals surface area (Å²) in [7, 11) is 0. The molecular weight excluding hydrogens is 274 g/mol. The number of benzene rings is 1. The van der Waals surface area contributed by atoms with Crippen molar-refractivity contribution < 1.29 is 19.0 Å². The number of aliphatic hydroxyl groups excluding tert-OH is 2. The number of aliphatic hydroxyl groups is 2. The van der Waals surface area contributed by atoms with Crippen molar-refractivity contribution in [2.45, 2.75) is 51.6 Å². The summed E-state index contributed by atoms with van der Waals surface area (Å²) in [6.45, 7) is 2.24. The number of halogens is 2. The van der Waals surface area contributed by atoms with Crippen molar-refractivity contribution in [1.29, 1.82) is 0 Å². The Morgan fingerprint density at radius 2 is 1.95 bits per heavy atom. The second-order valence-corrected chi connectivity index (χ2v) is 6.15. The Morgan fingerprint density at radius 3 is 2.62 bits per heavy atom. The number of rotatable bonds is 7.